The summed E-state index contributed by atoms with van der Waals surface area (Å²) in [4.78, 5) is 23.5. The Kier molecular flexibility index (Phi) is 4.11. The number of hydrogen-bond acceptors (Lipinski definition) is 2. The molecule has 1 aliphatic rings. The van der Waals surface area contributed by atoms with Crippen LogP contribution in [-0.2, 0) is 11.0 Å². The number of carbonyl (C=O) groups is 2. The van der Waals surface area contributed by atoms with Gasteiger partial charge < -0.3 is 5.32 Å². The summed E-state index contributed by atoms with van der Waals surface area (Å²) in [6, 6.07) is 4.31. The van der Waals surface area contributed by atoms with Crippen molar-refractivity contribution in [2.24, 2.45) is 5.92 Å². The predicted molar refractivity (Wildman–Crippen MR) is 66.1 cm³/mol. The minimum atomic E-state index is -4.47. The highest BCUT2D eigenvalue weighted by Crippen LogP contribution is 2.30. The third-order valence-corrected chi connectivity index (χ3v) is 3.34. The lowest BCUT2D eigenvalue weighted by molar-refractivity contribution is -0.137. The van der Waals surface area contributed by atoms with E-state index in [1.165, 1.54) is 12.1 Å². The molecule has 1 heterocycles. The maximum absolute atomic E-state index is 12.6. The summed E-state index contributed by atoms with van der Waals surface area (Å²) < 4.78 is 37.7. The van der Waals surface area contributed by atoms with Gasteiger partial charge in [-0.2, -0.15) is 13.2 Å². The molecule has 1 saturated heterocycles. The number of carbonyl (C=O) groups excluding carboxylic acids is 2. The van der Waals surface area contributed by atoms with Crippen molar-refractivity contribution < 1.29 is 22.8 Å². The molecule has 1 N–H and O–H groups in total. The Balaban J connectivity index is 2.11. The summed E-state index contributed by atoms with van der Waals surface area (Å²) in [6.45, 7) is 0.590. The van der Waals surface area contributed by atoms with Crippen LogP contribution in [0.5, 0.6) is 0 Å². The molecule has 108 valence electrons. The molecular weight excluding hydrogens is 271 g/mol. The van der Waals surface area contributed by atoms with Gasteiger partial charge in [-0.05, 0) is 25.0 Å². The van der Waals surface area contributed by atoms with E-state index in [0.29, 0.717) is 13.0 Å². The fourth-order valence-electron chi connectivity index (χ4n) is 2.24. The number of Topliss-reactive ketones (excluding diaryl/α,β-unsaturated/α-hetero) is 1. The topological polar surface area (TPSA) is 46.2 Å². The second-order valence-electron chi connectivity index (χ2n) is 4.84. The van der Waals surface area contributed by atoms with Crippen LogP contribution in [0.4, 0.5) is 13.2 Å². The molecule has 0 unspecified atom stereocenters. The van der Waals surface area contributed by atoms with Crippen LogP contribution in [0.15, 0.2) is 24.3 Å². The zero-order valence-corrected chi connectivity index (χ0v) is 10.7. The van der Waals surface area contributed by atoms with Crippen molar-refractivity contribution in [1.82, 2.24) is 5.32 Å². The van der Waals surface area contributed by atoms with E-state index in [-0.39, 0.29) is 17.9 Å². The van der Waals surface area contributed by atoms with Gasteiger partial charge in [0.15, 0.2) is 5.78 Å². The lowest BCUT2D eigenvalue weighted by Crippen LogP contribution is -2.37. The number of piperidine rings is 1. The SMILES string of the molecule is O=C(C[C@H]1CCCNC1=O)c1cccc(C(F)(F)F)c1. The van der Waals surface area contributed by atoms with Crippen molar-refractivity contribution >= 4 is 11.7 Å². The number of halogens is 3. The van der Waals surface area contributed by atoms with E-state index in [0.717, 1.165) is 18.6 Å². The third kappa shape index (κ3) is 3.37. The number of hydrogen-bond donors (Lipinski definition) is 1. The van der Waals surface area contributed by atoms with Crippen molar-refractivity contribution in [2.45, 2.75) is 25.4 Å². The Morgan fingerprint density at radius 2 is 2.10 bits per heavy atom. The minimum Gasteiger partial charge on any atom is -0.356 e. The van der Waals surface area contributed by atoms with Gasteiger partial charge in [-0.15, -0.1) is 0 Å². The van der Waals surface area contributed by atoms with Gasteiger partial charge in [0.25, 0.3) is 0 Å². The van der Waals surface area contributed by atoms with Crippen LogP contribution in [0, 0.1) is 5.92 Å². The Labute approximate surface area is 114 Å². The molecule has 0 bridgehead atoms. The molecule has 0 saturated carbocycles. The Morgan fingerprint density at radius 1 is 1.35 bits per heavy atom. The van der Waals surface area contributed by atoms with E-state index in [2.05, 4.69) is 5.32 Å². The quantitative estimate of drug-likeness (QED) is 0.868. The summed E-state index contributed by atoms with van der Waals surface area (Å²) in [5.41, 5.74) is -0.852. The van der Waals surface area contributed by atoms with Crippen LogP contribution in [0.2, 0.25) is 0 Å². The normalized spacial score (nSPS) is 19.6. The molecule has 0 aromatic heterocycles. The highest BCUT2D eigenvalue weighted by molar-refractivity contribution is 5.98. The largest absolute Gasteiger partial charge is 0.416 e. The molecule has 1 fully saturated rings. The average molecular weight is 285 g/mol. The molecule has 1 aliphatic heterocycles. The van der Waals surface area contributed by atoms with Gasteiger partial charge in [-0.3, -0.25) is 9.59 Å². The monoisotopic (exact) mass is 285 g/mol. The van der Waals surface area contributed by atoms with E-state index >= 15 is 0 Å². The van der Waals surface area contributed by atoms with E-state index in [1.54, 1.807) is 0 Å². The molecule has 1 amide bonds. The van der Waals surface area contributed by atoms with Crippen molar-refractivity contribution in [3.8, 4) is 0 Å². The van der Waals surface area contributed by atoms with E-state index in [9.17, 15) is 22.8 Å². The average Bonchev–Trinajstić information content (AvgIpc) is 2.40. The molecule has 1 aromatic carbocycles. The summed E-state index contributed by atoms with van der Waals surface area (Å²) in [5, 5.41) is 2.65. The second kappa shape index (κ2) is 5.64. The first-order chi connectivity index (χ1) is 9.38. The molecule has 2 rings (SSSR count). The first-order valence-electron chi connectivity index (χ1n) is 6.36. The molecule has 3 nitrogen and oxygen atoms in total. The Hall–Kier alpha value is -1.85. The molecular formula is C14H14F3NO2. The van der Waals surface area contributed by atoms with Gasteiger partial charge in [-0.25, -0.2) is 0 Å². The van der Waals surface area contributed by atoms with Gasteiger partial charge in [0, 0.05) is 24.4 Å². The van der Waals surface area contributed by atoms with Crippen molar-refractivity contribution in [3.63, 3.8) is 0 Å². The number of benzene rings is 1. The zero-order chi connectivity index (χ0) is 14.8. The maximum Gasteiger partial charge on any atom is 0.416 e. The van der Waals surface area contributed by atoms with Crippen molar-refractivity contribution in [2.75, 3.05) is 6.54 Å². The van der Waals surface area contributed by atoms with Gasteiger partial charge in [0.2, 0.25) is 5.91 Å². The van der Waals surface area contributed by atoms with Gasteiger partial charge in [-0.1, -0.05) is 12.1 Å². The van der Waals surface area contributed by atoms with Crippen LogP contribution < -0.4 is 5.32 Å². The summed E-state index contributed by atoms with van der Waals surface area (Å²) >= 11 is 0. The number of alkyl halides is 3. The van der Waals surface area contributed by atoms with Gasteiger partial charge in [0.1, 0.15) is 0 Å². The van der Waals surface area contributed by atoms with Crippen molar-refractivity contribution in [1.29, 1.82) is 0 Å². The molecule has 20 heavy (non-hydrogen) atoms. The lowest BCUT2D eigenvalue weighted by Gasteiger charge is -2.21. The lowest BCUT2D eigenvalue weighted by atomic mass is 9.91. The number of nitrogens with one attached hydrogen (secondary N) is 1. The molecule has 1 atom stereocenters. The molecule has 0 spiro atoms. The fourth-order valence-corrected chi connectivity index (χ4v) is 2.24. The highest BCUT2D eigenvalue weighted by Gasteiger charge is 2.31. The number of rotatable bonds is 3. The first-order valence-corrected chi connectivity index (χ1v) is 6.36. The van der Waals surface area contributed by atoms with Gasteiger partial charge >= 0.3 is 6.18 Å². The number of amides is 1. The first kappa shape index (κ1) is 14.6. The van der Waals surface area contributed by atoms with Crippen LogP contribution in [0.3, 0.4) is 0 Å². The smallest absolute Gasteiger partial charge is 0.356 e. The van der Waals surface area contributed by atoms with E-state index in [1.807, 2.05) is 0 Å². The minimum absolute atomic E-state index is 0.00167. The summed E-state index contributed by atoms with van der Waals surface area (Å²) in [7, 11) is 0. The second-order valence-corrected chi connectivity index (χ2v) is 4.84. The van der Waals surface area contributed by atoms with Crippen LogP contribution in [0.25, 0.3) is 0 Å². The van der Waals surface area contributed by atoms with E-state index < -0.39 is 23.4 Å². The Morgan fingerprint density at radius 3 is 2.75 bits per heavy atom. The molecule has 1 aromatic rings. The fraction of sp³-hybridized carbons (Fsp3) is 0.429. The molecule has 0 radical (unpaired) electrons. The van der Waals surface area contributed by atoms with Crippen LogP contribution in [0.1, 0.15) is 35.2 Å². The highest BCUT2D eigenvalue weighted by atomic mass is 19.4. The summed E-state index contributed by atoms with van der Waals surface area (Å²) in [5.74, 6) is -1.07. The van der Waals surface area contributed by atoms with Crippen molar-refractivity contribution in [3.05, 3.63) is 35.4 Å². The standard InChI is InChI=1S/C14H14F3NO2/c15-14(16,17)11-5-1-3-9(7-11)12(19)8-10-4-2-6-18-13(10)20/h1,3,5,7,10H,2,4,6,8H2,(H,18,20)/t10-/m1/s1. The van der Waals surface area contributed by atoms with Crippen LogP contribution >= 0.6 is 0 Å². The zero-order valence-electron chi connectivity index (χ0n) is 10.7. The molecule has 0 aliphatic carbocycles. The van der Waals surface area contributed by atoms with E-state index in [4.69, 9.17) is 0 Å². The third-order valence-electron chi connectivity index (χ3n) is 3.34. The van der Waals surface area contributed by atoms with Gasteiger partial charge in [0.05, 0.1) is 5.56 Å². The Bertz CT molecular complexity index is 525. The predicted octanol–water partition coefficient (Wildman–Crippen LogP) is 2.80. The maximum atomic E-state index is 12.6. The van der Waals surface area contributed by atoms with Crippen LogP contribution in [-0.4, -0.2) is 18.2 Å². The number of ketones is 1. The molecule has 6 heteroatoms. The summed E-state index contributed by atoms with van der Waals surface area (Å²) in [6.07, 6.45) is -3.14.